The van der Waals surface area contributed by atoms with E-state index in [-0.39, 0.29) is 0 Å². The van der Waals surface area contributed by atoms with E-state index in [1.54, 1.807) is 0 Å². The highest BCUT2D eigenvalue weighted by Crippen LogP contribution is 2.18. The van der Waals surface area contributed by atoms with Gasteiger partial charge in [-0.2, -0.15) is 0 Å². The molecule has 0 aromatic heterocycles. The molecule has 0 aliphatic heterocycles. The van der Waals surface area contributed by atoms with Gasteiger partial charge in [0.05, 0.1) is 0 Å². The SMILES string of the molecule is C/C=C/CNc1cccc(C(C)C)c1. The molecule has 1 aromatic carbocycles. The van der Waals surface area contributed by atoms with Crippen LogP contribution in [0, 0.1) is 0 Å². The fraction of sp³-hybridized carbons (Fsp3) is 0.385. The molecule has 0 heterocycles. The van der Waals surface area contributed by atoms with Gasteiger partial charge in [-0.15, -0.1) is 0 Å². The van der Waals surface area contributed by atoms with Crippen molar-refractivity contribution in [3.05, 3.63) is 42.0 Å². The first-order chi connectivity index (χ1) is 6.74. The number of benzene rings is 1. The first-order valence-electron chi connectivity index (χ1n) is 5.19. The summed E-state index contributed by atoms with van der Waals surface area (Å²) in [5, 5.41) is 3.35. The first kappa shape index (κ1) is 10.8. The molecule has 0 unspecified atom stereocenters. The Morgan fingerprint density at radius 3 is 2.79 bits per heavy atom. The summed E-state index contributed by atoms with van der Waals surface area (Å²) in [7, 11) is 0. The molecule has 0 saturated carbocycles. The minimum Gasteiger partial charge on any atom is -0.382 e. The van der Waals surface area contributed by atoms with Gasteiger partial charge in [0, 0.05) is 12.2 Å². The lowest BCUT2D eigenvalue weighted by molar-refractivity contribution is 0.867. The fourth-order valence-corrected chi connectivity index (χ4v) is 1.30. The maximum Gasteiger partial charge on any atom is 0.0345 e. The molecule has 0 radical (unpaired) electrons. The van der Waals surface area contributed by atoms with E-state index in [1.807, 2.05) is 6.92 Å². The molecule has 0 saturated heterocycles. The third-order valence-electron chi connectivity index (χ3n) is 2.21. The van der Waals surface area contributed by atoms with Gasteiger partial charge in [0.25, 0.3) is 0 Å². The molecule has 0 spiro atoms. The summed E-state index contributed by atoms with van der Waals surface area (Å²) in [5.41, 5.74) is 2.59. The van der Waals surface area contributed by atoms with Gasteiger partial charge in [0.15, 0.2) is 0 Å². The summed E-state index contributed by atoms with van der Waals surface area (Å²) >= 11 is 0. The van der Waals surface area contributed by atoms with Crippen molar-refractivity contribution in [1.29, 1.82) is 0 Å². The summed E-state index contributed by atoms with van der Waals surface area (Å²) < 4.78 is 0. The second-order valence-corrected chi connectivity index (χ2v) is 3.73. The van der Waals surface area contributed by atoms with Crippen LogP contribution in [0.3, 0.4) is 0 Å². The molecule has 1 heteroatoms. The Labute approximate surface area is 86.8 Å². The van der Waals surface area contributed by atoms with Crippen LogP contribution >= 0.6 is 0 Å². The van der Waals surface area contributed by atoms with Crippen molar-refractivity contribution in [2.24, 2.45) is 0 Å². The Morgan fingerprint density at radius 2 is 2.14 bits per heavy atom. The highest BCUT2D eigenvalue weighted by atomic mass is 14.8. The number of hydrogen-bond acceptors (Lipinski definition) is 1. The number of nitrogens with one attached hydrogen (secondary N) is 1. The smallest absolute Gasteiger partial charge is 0.0345 e. The van der Waals surface area contributed by atoms with Crippen LogP contribution in [-0.2, 0) is 0 Å². The molecule has 1 aromatic rings. The zero-order chi connectivity index (χ0) is 10.4. The van der Waals surface area contributed by atoms with Gasteiger partial charge in [-0.3, -0.25) is 0 Å². The molecular formula is C13H19N. The molecule has 0 bridgehead atoms. The summed E-state index contributed by atoms with van der Waals surface area (Å²) in [6.07, 6.45) is 4.17. The topological polar surface area (TPSA) is 12.0 Å². The first-order valence-corrected chi connectivity index (χ1v) is 5.19. The molecule has 0 aliphatic rings. The Bertz CT molecular complexity index is 300. The second-order valence-electron chi connectivity index (χ2n) is 3.73. The Balaban J connectivity index is 2.64. The number of allylic oxidation sites excluding steroid dienone is 1. The highest BCUT2D eigenvalue weighted by Gasteiger charge is 1.98. The highest BCUT2D eigenvalue weighted by molar-refractivity contribution is 5.46. The van der Waals surface area contributed by atoms with Crippen LogP contribution in [-0.4, -0.2) is 6.54 Å². The Kier molecular flexibility index (Phi) is 4.24. The van der Waals surface area contributed by atoms with Crippen molar-refractivity contribution < 1.29 is 0 Å². The summed E-state index contributed by atoms with van der Waals surface area (Å²) in [6, 6.07) is 8.60. The monoisotopic (exact) mass is 189 g/mol. The lowest BCUT2D eigenvalue weighted by atomic mass is 10.0. The quantitative estimate of drug-likeness (QED) is 0.710. The Morgan fingerprint density at radius 1 is 1.36 bits per heavy atom. The van der Waals surface area contributed by atoms with E-state index in [4.69, 9.17) is 0 Å². The molecule has 0 amide bonds. The van der Waals surface area contributed by atoms with Gasteiger partial charge < -0.3 is 5.32 Å². The molecule has 14 heavy (non-hydrogen) atoms. The lowest BCUT2D eigenvalue weighted by Crippen LogP contribution is -1.98. The van der Waals surface area contributed by atoms with Crippen LogP contribution in [0.2, 0.25) is 0 Å². The molecule has 1 rings (SSSR count). The molecule has 0 fully saturated rings. The van der Waals surface area contributed by atoms with Crippen LogP contribution in [0.25, 0.3) is 0 Å². The standard InChI is InChI=1S/C13H19N/c1-4-5-9-14-13-8-6-7-12(10-13)11(2)3/h4-8,10-11,14H,9H2,1-3H3/b5-4+. The van der Waals surface area contributed by atoms with E-state index >= 15 is 0 Å². The molecule has 1 nitrogen and oxygen atoms in total. The maximum atomic E-state index is 3.35. The van der Waals surface area contributed by atoms with E-state index in [0.717, 1.165) is 6.54 Å². The van der Waals surface area contributed by atoms with Gasteiger partial charge in [-0.05, 0) is 30.5 Å². The summed E-state index contributed by atoms with van der Waals surface area (Å²) in [6.45, 7) is 7.36. The van der Waals surface area contributed by atoms with Crippen molar-refractivity contribution in [2.75, 3.05) is 11.9 Å². The third kappa shape index (κ3) is 3.25. The predicted molar refractivity (Wildman–Crippen MR) is 63.8 cm³/mol. The normalized spacial score (nSPS) is 11.1. The fourth-order valence-electron chi connectivity index (χ4n) is 1.30. The average molecular weight is 189 g/mol. The third-order valence-corrected chi connectivity index (χ3v) is 2.21. The number of rotatable bonds is 4. The van der Waals surface area contributed by atoms with Crippen molar-refractivity contribution in [1.82, 2.24) is 0 Å². The van der Waals surface area contributed by atoms with E-state index in [0.29, 0.717) is 5.92 Å². The van der Waals surface area contributed by atoms with Gasteiger partial charge in [0.1, 0.15) is 0 Å². The predicted octanol–water partition coefficient (Wildman–Crippen LogP) is 3.80. The van der Waals surface area contributed by atoms with Crippen molar-refractivity contribution in [3.63, 3.8) is 0 Å². The molecular weight excluding hydrogens is 170 g/mol. The number of hydrogen-bond donors (Lipinski definition) is 1. The summed E-state index contributed by atoms with van der Waals surface area (Å²) in [5.74, 6) is 0.596. The Hall–Kier alpha value is -1.24. The van der Waals surface area contributed by atoms with Crippen LogP contribution in [0.5, 0.6) is 0 Å². The van der Waals surface area contributed by atoms with Gasteiger partial charge >= 0.3 is 0 Å². The molecule has 0 atom stereocenters. The van der Waals surface area contributed by atoms with Crippen molar-refractivity contribution in [3.8, 4) is 0 Å². The molecule has 1 N–H and O–H groups in total. The largest absolute Gasteiger partial charge is 0.382 e. The van der Waals surface area contributed by atoms with Gasteiger partial charge in [0.2, 0.25) is 0 Å². The second kappa shape index (κ2) is 5.48. The minimum absolute atomic E-state index is 0.596. The zero-order valence-corrected chi connectivity index (χ0v) is 9.25. The maximum absolute atomic E-state index is 3.35. The average Bonchev–Trinajstić information content (AvgIpc) is 2.19. The lowest BCUT2D eigenvalue weighted by Gasteiger charge is -2.08. The molecule has 0 aliphatic carbocycles. The van der Waals surface area contributed by atoms with E-state index in [1.165, 1.54) is 11.3 Å². The van der Waals surface area contributed by atoms with Crippen LogP contribution in [0.1, 0.15) is 32.3 Å². The van der Waals surface area contributed by atoms with E-state index in [2.05, 4.69) is 55.6 Å². The summed E-state index contributed by atoms with van der Waals surface area (Å²) in [4.78, 5) is 0. The van der Waals surface area contributed by atoms with E-state index < -0.39 is 0 Å². The number of anilines is 1. The van der Waals surface area contributed by atoms with Gasteiger partial charge in [-0.25, -0.2) is 0 Å². The van der Waals surface area contributed by atoms with Crippen molar-refractivity contribution in [2.45, 2.75) is 26.7 Å². The zero-order valence-electron chi connectivity index (χ0n) is 9.25. The molecule has 76 valence electrons. The van der Waals surface area contributed by atoms with Crippen LogP contribution in [0.15, 0.2) is 36.4 Å². The van der Waals surface area contributed by atoms with Gasteiger partial charge in [-0.1, -0.05) is 38.1 Å². The minimum atomic E-state index is 0.596. The van der Waals surface area contributed by atoms with Crippen molar-refractivity contribution >= 4 is 5.69 Å². The van der Waals surface area contributed by atoms with Crippen LogP contribution < -0.4 is 5.32 Å². The van der Waals surface area contributed by atoms with Crippen LogP contribution in [0.4, 0.5) is 5.69 Å². The van der Waals surface area contributed by atoms with E-state index in [9.17, 15) is 0 Å².